The van der Waals surface area contributed by atoms with E-state index in [1.54, 1.807) is 6.07 Å². The largest absolute Gasteiger partial charge is 0.444 e. The third kappa shape index (κ3) is 4.61. The molecule has 1 heterocycles. The van der Waals surface area contributed by atoms with Crippen molar-refractivity contribution in [3.05, 3.63) is 22.3 Å². The molecule has 1 N–H and O–H groups in total. The van der Waals surface area contributed by atoms with Gasteiger partial charge >= 0.3 is 6.09 Å². The molecule has 1 rings (SSSR count). The van der Waals surface area contributed by atoms with E-state index in [1.165, 1.54) is 0 Å². The number of amides is 1. The molecule has 0 fully saturated rings. The third-order valence-corrected chi connectivity index (χ3v) is 1.97. The Hall–Kier alpha value is -1.10. The Labute approximate surface area is 104 Å². The van der Waals surface area contributed by atoms with Crippen molar-refractivity contribution in [3.63, 3.8) is 0 Å². The molecule has 0 aromatic carbocycles. The Morgan fingerprint density at radius 3 is 2.56 bits per heavy atom. The molecule has 0 atom stereocenters. The number of nitrogens with zero attached hydrogens (tertiary/aromatic N) is 1. The summed E-state index contributed by atoms with van der Waals surface area (Å²) in [7, 11) is 0. The molecule has 1 amide bonds. The number of ether oxygens (including phenoxy) is 1. The zero-order chi connectivity index (χ0) is 12.3. The van der Waals surface area contributed by atoms with E-state index < -0.39 is 11.7 Å². The van der Waals surface area contributed by atoms with Gasteiger partial charge in [0.1, 0.15) is 16.0 Å². The maximum absolute atomic E-state index is 11.5. The molecule has 0 saturated heterocycles. The predicted molar refractivity (Wildman–Crippen MR) is 66.5 cm³/mol. The fraction of sp³-hybridized carbons (Fsp3) is 0.455. The van der Waals surface area contributed by atoms with Crippen molar-refractivity contribution >= 4 is 27.8 Å². The summed E-state index contributed by atoms with van der Waals surface area (Å²) in [6.07, 6.45) is -0.502. The van der Waals surface area contributed by atoms with E-state index in [0.717, 1.165) is 5.56 Å². The first-order valence-electron chi connectivity index (χ1n) is 4.90. The van der Waals surface area contributed by atoms with Gasteiger partial charge in [0.05, 0.1) is 0 Å². The molecule has 0 radical (unpaired) electrons. The van der Waals surface area contributed by atoms with Crippen LogP contribution in [0.3, 0.4) is 0 Å². The maximum atomic E-state index is 11.5. The first-order valence-corrected chi connectivity index (χ1v) is 5.70. The average Bonchev–Trinajstić information content (AvgIpc) is 1.96. The summed E-state index contributed by atoms with van der Waals surface area (Å²) in [4.78, 5) is 15.6. The van der Waals surface area contributed by atoms with Crippen LogP contribution in [0.25, 0.3) is 0 Å². The lowest BCUT2D eigenvalue weighted by Gasteiger charge is -2.19. The van der Waals surface area contributed by atoms with Crippen LogP contribution in [0, 0.1) is 6.92 Å². The minimum Gasteiger partial charge on any atom is -0.444 e. The molecular formula is C11H15BrN2O2. The number of aromatic nitrogens is 1. The Kier molecular flexibility index (Phi) is 3.91. The molecule has 1 aromatic rings. The summed E-state index contributed by atoms with van der Waals surface area (Å²) >= 11 is 3.26. The molecule has 0 aliphatic heterocycles. The van der Waals surface area contributed by atoms with Gasteiger partial charge in [0.15, 0.2) is 0 Å². The van der Waals surface area contributed by atoms with Gasteiger partial charge in [-0.05, 0) is 61.3 Å². The zero-order valence-corrected chi connectivity index (χ0v) is 11.4. The monoisotopic (exact) mass is 286 g/mol. The quantitative estimate of drug-likeness (QED) is 0.804. The predicted octanol–water partition coefficient (Wildman–Crippen LogP) is 3.50. The van der Waals surface area contributed by atoms with Gasteiger partial charge in [-0.2, -0.15) is 0 Å². The standard InChI is InChI=1S/C11H15BrN2O2/c1-7-5-8(12)13-9(6-7)14-10(15)16-11(2,3)4/h5-6H,1-4H3,(H,13,14,15). The first-order chi connectivity index (χ1) is 7.26. The Bertz CT molecular complexity index is 379. The molecule has 0 saturated carbocycles. The normalized spacial score (nSPS) is 11.1. The van der Waals surface area contributed by atoms with Gasteiger partial charge in [0.2, 0.25) is 0 Å². The second-order valence-electron chi connectivity index (χ2n) is 4.48. The summed E-state index contributed by atoms with van der Waals surface area (Å²) in [5.74, 6) is 0.473. The van der Waals surface area contributed by atoms with Gasteiger partial charge in [-0.15, -0.1) is 0 Å². The van der Waals surface area contributed by atoms with Crippen molar-refractivity contribution < 1.29 is 9.53 Å². The molecule has 16 heavy (non-hydrogen) atoms. The lowest BCUT2D eigenvalue weighted by molar-refractivity contribution is 0.0635. The van der Waals surface area contributed by atoms with Crippen molar-refractivity contribution in [1.82, 2.24) is 4.98 Å². The highest BCUT2D eigenvalue weighted by Gasteiger charge is 2.16. The van der Waals surface area contributed by atoms with Crippen LogP contribution in [0.5, 0.6) is 0 Å². The fourth-order valence-electron chi connectivity index (χ4n) is 1.10. The first kappa shape index (κ1) is 13.0. The minimum atomic E-state index is -0.509. The number of carbonyl (C=O) groups is 1. The molecule has 0 aliphatic carbocycles. The third-order valence-electron chi connectivity index (χ3n) is 1.57. The number of rotatable bonds is 1. The van der Waals surface area contributed by atoms with Gasteiger partial charge < -0.3 is 4.74 Å². The number of halogens is 1. The van der Waals surface area contributed by atoms with E-state index in [0.29, 0.717) is 10.4 Å². The van der Waals surface area contributed by atoms with E-state index in [9.17, 15) is 4.79 Å². The molecule has 4 nitrogen and oxygen atoms in total. The van der Waals surface area contributed by atoms with Crippen LogP contribution in [-0.4, -0.2) is 16.7 Å². The summed E-state index contributed by atoms with van der Waals surface area (Å²) in [6.45, 7) is 7.36. The van der Waals surface area contributed by atoms with Crippen LogP contribution in [0.1, 0.15) is 26.3 Å². The van der Waals surface area contributed by atoms with Gasteiger partial charge in [-0.25, -0.2) is 9.78 Å². The smallest absolute Gasteiger partial charge is 0.413 e. The molecule has 0 aliphatic rings. The van der Waals surface area contributed by atoms with E-state index >= 15 is 0 Å². The van der Waals surface area contributed by atoms with Gasteiger partial charge in [0, 0.05) is 0 Å². The van der Waals surface area contributed by atoms with Crippen molar-refractivity contribution in [2.75, 3.05) is 5.32 Å². The highest BCUT2D eigenvalue weighted by molar-refractivity contribution is 9.10. The van der Waals surface area contributed by atoms with Crippen LogP contribution in [-0.2, 0) is 4.74 Å². The SMILES string of the molecule is Cc1cc(Br)nc(NC(=O)OC(C)(C)C)c1. The number of hydrogen-bond donors (Lipinski definition) is 1. The lowest BCUT2D eigenvalue weighted by Crippen LogP contribution is -2.27. The van der Waals surface area contributed by atoms with Gasteiger partial charge in [-0.1, -0.05) is 0 Å². The highest BCUT2D eigenvalue weighted by atomic mass is 79.9. The Morgan fingerprint density at radius 2 is 2.06 bits per heavy atom. The number of nitrogens with one attached hydrogen (secondary N) is 1. The van der Waals surface area contributed by atoms with Crippen molar-refractivity contribution in [2.24, 2.45) is 0 Å². The number of aryl methyl sites for hydroxylation is 1. The fourth-order valence-corrected chi connectivity index (χ4v) is 1.65. The molecule has 1 aromatic heterocycles. The van der Waals surface area contributed by atoms with Crippen molar-refractivity contribution in [1.29, 1.82) is 0 Å². The number of anilines is 1. The lowest BCUT2D eigenvalue weighted by atomic mass is 10.2. The van der Waals surface area contributed by atoms with E-state index in [1.807, 2.05) is 33.8 Å². The topological polar surface area (TPSA) is 51.2 Å². The van der Waals surface area contributed by atoms with Crippen molar-refractivity contribution in [3.8, 4) is 0 Å². The second-order valence-corrected chi connectivity index (χ2v) is 5.29. The van der Waals surface area contributed by atoms with Gasteiger partial charge in [-0.3, -0.25) is 5.32 Å². The number of pyridine rings is 1. The Balaban J connectivity index is 2.70. The summed E-state index contributed by atoms with van der Waals surface area (Å²) in [6, 6.07) is 3.63. The molecule has 0 bridgehead atoms. The zero-order valence-electron chi connectivity index (χ0n) is 9.80. The number of carbonyl (C=O) groups excluding carboxylic acids is 1. The summed E-state index contributed by atoms with van der Waals surface area (Å²) < 4.78 is 5.80. The van der Waals surface area contributed by atoms with Crippen LogP contribution < -0.4 is 5.32 Å². The van der Waals surface area contributed by atoms with Crippen molar-refractivity contribution in [2.45, 2.75) is 33.3 Å². The summed E-state index contributed by atoms with van der Waals surface area (Å²) in [5.41, 5.74) is 0.499. The minimum absolute atomic E-state index is 0.473. The molecule has 5 heteroatoms. The molecule has 0 spiro atoms. The van der Waals surface area contributed by atoms with E-state index in [-0.39, 0.29) is 0 Å². The molecule has 88 valence electrons. The number of hydrogen-bond acceptors (Lipinski definition) is 3. The molecular weight excluding hydrogens is 272 g/mol. The average molecular weight is 287 g/mol. The van der Waals surface area contributed by atoms with E-state index in [4.69, 9.17) is 4.74 Å². The van der Waals surface area contributed by atoms with E-state index in [2.05, 4.69) is 26.2 Å². The van der Waals surface area contributed by atoms with Gasteiger partial charge in [0.25, 0.3) is 0 Å². The van der Waals surface area contributed by atoms with Crippen LogP contribution in [0.4, 0.5) is 10.6 Å². The van der Waals surface area contributed by atoms with Crippen LogP contribution in [0.15, 0.2) is 16.7 Å². The maximum Gasteiger partial charge on any atom is 0.413 e. The second kappa shape index (κ2) is 4.82. The Morgan fingerprint density at radius 1 is 1.44 bits per heavy atom. The van der Waals surface area contributed by atoms with Crippen LogP contribution in [0.2, 0.25) is 0 Å². The molecule has 0 unspecified atom stereocenters. The highest BCUT2D eigenvalue weighted by Crippen LogP contribution is 2.15. The van der Waals surface area contributed by atoms with Crippen LogP contribution >= 0.6 is 15.9 Å². The summed E-state index contributed by atoms with van der Waals surface area (Å²) in [5, 5.41) is 2.58.